The zero-order chi connectivity index (χ0) is 21.8. The van der Waals surface area contributed by atoms with Crippen molar-refractivity contribution in [1.82, 2.24) is 10.2 Å². The SMILES string of the molecule is COCCNC(=O)CN1C(=O)[C@@H]2CCCCN2c2ccc(C(=O)N3CCCCC3)cc21. The second-order valence-corrected chi connectivity index (χ2v) is 8.53. The van der Waals surface area contributed by atoms with Gasteiger partial charge in [-0.2, -0.15) is 0 Å². The summed E-state index contributed by atoms with van der Waals surface area (Å²) < 4.78 is 4.99. The van der Waals surface area contributed by atoms with Gasteiger partial charge in [-0.15, -0.1) is 0 Å². The molecule has 0 unspecified atom stereocenters. The minimum Gasteiger partial charge on any atom is -0.383 e. The third-order valence-corrected chi connectivity index (χ3v) is 6.45. The van der Waals surface area contributed by atoms with Gasteiger partial charge in [0, 0.05) is 38.9 Å². The summed E-state index contributed by atoms with van der Waals surface area (Å²) in [4.78, 5) is 44.5. The Balaban J connectivity index is 1.62. The van der Waals surface area contributed by atoms with Gasteiger partial charge < -0.3 is 19.9 Å². The Morgan fingerprint density at radius 1 is 1.06 bits per heavy atom. The predicted molar refractivity (Wildman–Crippen MR) is 118 cm³/mol. The molecule has 1 aromatic carbocycles. The zero-order valence-electron chi connectivity index (χ0n) is 18.3. The molecule has 0 radical (unpaired) electrons. The number of hydrogen-bond acceptors (Lipinski definition) is 5. The second kappa shape index (κ2) is 9.68. The number of benzene rings is 1. The number of likely N-dealkylation sites (tertiary alicyclic amines) is 1. The number of carbonyl (C=O) groups excluding carboxylic acids is 3. The van der Waals surface area contributed by atoms with Crippen LogP contribution in [0.3, 0.4) is 0 Å². The largest absolute Gasteiger partial charge is 0.383 e. The van der Waals surface area contributed by atoms with Gasteiger partial charge >= 0.3 is 0 Å². The first-order valence-corrected chi connectivity index (χ1v) is 11.4. The molecular weight excluding hydrogens is 396 g/mol. The van der Waals surface area contributed by atoms with E-state index in [-0.39, 0.29) is 30.3 Å². The van der Waals surface area contributed by atoms with E-state index in [1.807, 2.05) is 17.0 Å². The van der Waals surface area contributed by atoms with Crippen molar-refractivity contribution in [2.45, 2.75) is 44.6 Å². The number of nitrogens with zero attached hydrogens (tertiary/aromatic N) is 3. The van der Waals surface area contributed by atoms with Crippen molar-refractivity contribution in [2.24, 2.45) is 0 Å². The van der Waals surface area contributed by atoms with Gasteiger partial charge in [-0.1, -0.05) is 0 Å². The molecule has 0 aromatic heterocycles. The minimum atomic E-state index is -0.239. The highest BCUT2D eigenvalue weighted by Crippen LogP contribution is 2.40. The van der Waals surface area contributed by atoms with Crippen LogP contribution in [0, 0.1) is 0 Å². The van der Waals surface area contributed by atoms with Gasteiger partial charge in [0.25, 0.3) is 5.91 Å². The Bertz CT molecular complexity index is 837. The average molecular weight is 429 g/mol. The van der Waals surface area contributed by atoms with Crippen molar-refractivity contribution >= 4 is 29.1 Å². The molecule has 0 aliphatic carbocycles. The normalized spacial score (nSPS) is 20.9. The number of piperidine rings is 2. The molecule has 8 nitrogen and oxygen atoms in total. The Labute approximate surface area is 183 Å². The van der Waals surface area contributed by atoms with Crippen LogP contribution in [-0.4, -0.2) is 75.1 Å². The van der Waals surface area contributed by atoms with E-state index in [4.69, 9.17) is 4.74 Å². The molecule has 3 aliphatic rings. The van der Waals surface area contributed by atoms with Crippen LogP contribution in [0.15, 0.2) is 18.2 Å². The zero-order valence-corrected chi connectivity index (χ0v) is 18.3. The van der Waals surface area contributed by atoms with Gasteiger partial charge in [-0.05, 0) is 56.7 Å². The predicted octanol–water partition coefficient (Wildman–Crippen LogP) is 1.78. The lowest BCUT2D eigenvalue weighted by Crippen LogP contribution is -2.57. The fourth-order valence-electron chi connectivity index (χ4n) is 4.83. The molecule has 31 heavy (non-hydrogen) atoms. The topological polar surface area (TPSA) is 82.2 Å². The average Bonchev–Trinajstić information content (AvgIpc) is 2.81. The van der Waals surface area contributed by atoms with E-state index in [0.717, 1.165) is 63.8 Å². The number of rotatable bonds is 6. The standard InChI is InChI=1S/C23H32N4O4/c1-31-14-10-24-21(28)16-27-20-15-17(22(29)25-11-4-2-5-12-25)8-9-18(20)26-13-6-3-7-19(26)23(27)30/h8-9,15,19H,2-7,10-14,16H2,1H3,(H,24,28)/t19-/m0/s1. The van der Waals surface area contributed by atoms with Crippen LogP contribution >= 0.6 is 0 Å². The summed E-state index contributed by atoms with van der Waals surface area (Å²) >= 11 is 0. The summed E-state index contributed by atoms with van der Waals surface area (Å²) in [6.07, 6.45) is 6.03. The smallest absolute Gasteiger partial charge is 0.253 e. The van der Waals surface area contributed by atoms with E-state index in [1.165, 1.54) is 0 Å². The molecule has 1 atom stereocenters. The van der Waals surface area contributed by atoms with Gasteiger partial charge in [-0.3, -0.25) is 19.3 Å². The number of methoxy groups -OCH3 is 1. The third-order valence-electron chi connectivity index (χ3n) is 6.45. The molecule has 0 spiro atoms. The van der Waals surface area contributed by atoms with Crippen LogP contribution in [0.5, 0.6) is 0 Å². The summed E-state index contributed by atoms with van der Waals surface area (Å²) in [6, 6.07) is 5.38. The van der Waals surface area contributed by atoms with Gasteiger partial charge in [0.1, 0.15) is 12.6 Å². The summed E-state index contributed by atoms with van der Waals surface area (Å²) in [7, 11) is 1.58. The molecular formula is C23H32N4O4. The van der Waals surface area contributed by atoms with Crippen LogP contribution in [0.1, 0.15) is 48.9 Å². The highest BCUT2D eigenvalue weighted by atomic mass is 16.5. The monoisotopic (exact) mass is 428 g/mol. The first-order valence-electron chi connectivity index (χ1n) is 11.4. The van der Waals surface area contributed by atoms with E-state index in [2.05, 4.69) is 10.2 Å². The lowest BCUT2D eigenvalue weighted by molar-refractivity contribution is -0.125. The van der Waals surface area contributed by atoms with Crippen molar-refractivity contribution in [1.29, 1.82) is 0 Å². The molecule has 0 saturated carbocycles. The van der Waals surface area contributed by atoms with E-state index in [1.54, 1.807) is 18.1 Å². The number of hydrogen-bond donors (Lipinski definition) is 1. The number of ether oxygens (including phenoxy) is 1. The lowest BCUT2D eigenvalue weighted by Gasteiger charge is -2.45. The van der Waals surface area contributed by atoms with Gasteiger partial charge in [0.05, 0.1) is 18.0 Å². The molecule has 0 bridgehead atoms. The highest BCUT2D eigenvalue weighted by molar-refractivity contribution is 6.09. The molecule has 4 rings (SSSR count). The van der Waals surface area contributed by atoms with Gasteiger partial charge in [0.2, 0.25) is 11.8 Å². The maximum absolute atomic E-state index is 13.4. The summed E-state index contributed by atoms with van der Waals surface area (Å²) in [5.74, 6) is -0.287. The number of carbonyl (C=O) groups is 3. The number of fused-ring (bicyclic) bond motifs is 3. The molecule has 1 N–H and O–H groups in total. The first kappa shape index (κ1) is 21.6. The van der Waals surface area contributed by atoms with Crippen molar-refractivity contribution in [3.63, 3.8) is 0 Å². The quantitative estimate of drug-likeness (QED) is 0.699. The van der Waals surface area contributed by atoms with E-state index >= 15 is 0 Å². The van der Waals surface area contributed by atoms with Crippen LogP contribution in [-0.2, 0) is 14.3 Å². The van der Waals surface area contributed by atoms with Crippen LogP contribution in [0.2, 0.25) is 0 Å². The number of amides is 3. The van der Waals surface area contributed by atoms with Crippen molar-refractivity contribution in [3.8, 4) is 0 Å². The van der Waals surface area contributed by atoms with Crippen LogP contribution in [0.25, 0.3) is 0 Å². The van der Waals surface area contributed by atoms with Crippen LogP contribution in [0.4, 0.5) is 11.4 Å². The lowest BCUT2D eigenvalue weighted by atomic mass is 9.95. The molecule has 2 saturated heterocycles. The molecule has 3 amide bonds. The Morgan fingerprint density at radius 3 is 2.61 bits per heavy atom. The molecule has 3 heterocycles. The second-order valence-electron chi connectivity index (χ2n) is 8.53. The fraction of sp³-hybridized carbons (Fsp3) is 0.609. The van der Waals surface area contributed by atoms with Gasteiger partial charge in [0.15, 0.2) is 0 Å². The Kier molecular flexibility index (Phi) is 6.75. The summed E-state index contributed by atoms with van der Waals surface area (Å²) in [5, 5.41) is 2.80. The molecule has 168 valence electrons. The first-order chi connectivity index (χ1) is 15.1. The van der Waals surface area contributed by atoms with E-state index in [0.29, 0.717) is 24.4 Å². The molecule has 3 aliphatic heterocycles. The summed E-state index contributed by atoms with van der Waals surface area (Å²) in [6.45, 7) is 3.12. The Morgan fingerprint density at radius 2 is 1.84 bits per heavy atom. The summed E-state index contributed by atoms with van der Waals surface area (Å²) in [5.41, 5.74) is 2.17. The van der Waals surface area contributed by atoms with Crippen molar-refractivity contribution in [3.05, 3.63) is 23.8 Å². The fourth-order valence-corrected chi connectivity index (χ4v) is 4.83. The van der Waals surface area contributed by atoms with E-state index < -0.39 is 0 Å². The number of anilines is 2. The number of nitrogens with one attached hydrogen (secondary N) is 1. The van der Waals surface area contributed by atoms with Crippen LogP contribution < -0.4 is 15.1 Å². The minimum absolute atomic E-state index is 0.000197. The van der Waals surface area contributed by atoms with Crippen molar-refractivity contribution in [2.75, 3.05) is 56.2 Å². The maximum atomic E-state index is 13.4. The van der Waals surface area contributed by atoms with E-state index in [9.17, 15) is 14.4 Å². The highest BCUT2D eigenvalue weighted by Gasteiger charge is 2.40. The molecule has 8 heteroatoms. The van der Waals surface area contributed by atoms with Gasteiger partial charge in [-0.25, -0.2) is 0 Å². The maximum Gasteiger partial charge on any atom is 0.253 e. The third kappa shape index (κ3) is 4.54. The Hall–Kier alpha value is -2.61. The van der Waals surface area contributed by atoms with Crippen molar-refractivity contribution < 1.29 is 19.1 Å². The molecule has 1 aromatic rings. The molecule has 2 fully saturated rings.